The normalized spacial score (nSPS) is 17.1. The highest BCUT2D eigenvalue weighted by atomic mass is 16.2. The first-order valence-corrected chi connectivity index (χ1v) is 8.02. The molecule has 0 bridgehead atoms. The van der Waals surface area contributed by atoms with E-state index in [-0.39, 0.29) is 11.6 Å². The summed E-state index contributed by atoms with van der Waals surface area (Å²) >= 11 is 0. The Labute approximate surface area is 142 Å². The Morgan fingerprint density at radius 3 is 1.96 bits per heavy atom. The van der Waals surface area contributed by atoms with E-state index in [1.165, 1.54) is 0 Å². The number of rotatable bonds is 3. The average molecular weight is 323 g/mol. The molecule has 0 saturated carbocycles. The number of fused-ring (bicyclic) bond motifs is 1. The number of nitrogens with zero attached hydrogens (tertiary/aromatic N) is 2. The van der Waals surface area contributed by atoms with Gasteiger partial charge in [0.1, 0.15) is 11.6 Å². The lowest BCUT2D eigenvalue weighted by molar-refractivity contribution is 0.0890. The fraction of sp³-hybridized carbons (Fsp3) is 0.300. The zero-order valence-electron chi connectivity index (χ0n) is 14.8. The van der Waals surface area contributed by atoms with Crippen molar-refractivity contribution in [3.63, 3.8) is 0 Å². The summed E-state index contributed by atoms with van der Waals surface area (Å²) in [6.45, 7) is 0. The maximum Gasteiger partial charge on any atom is 0.179 e. The van der Waals surface area contributed by atoms with Gasteiger partial charge in [-0.05, 0) is 29.8 Å². The molecule has 4 heteroatoms. The van der Waals surface area contributed by atoms with Gasteiger partial charge in [-0.2, -0.15) is 0 Å². The van der Waals surface area contributed by atoms with Crippen molar-refractivity contribution in [1.29, 1.82) is 0 Å². The second-order valence-electron chi connectivity index (χ2n) is 7.39. The largest absolute Gasteiger partial charge is 0.378 e. The molecule has 24 heavy (non-hydrogen) atoms. The number of benzene rings is 2. The lowest BCUT2D eigenvalue weighted by atomic mass is 9.94. The molecule has 0 fully saturated rings. The molecule has 0 saturated heterocycles. The van der Waals surface area contributed by atoms with Crippen LogP contribution >= 0.6 is 0 Å². The van der Waals surface area contributed by atoms with Gasteiger partial charge in [0, 0.05) is 37.0 Å². The number of Topliss-reactive ketones (excluding diaryl/α,β-unsaturated/α-hetero) is 2. The smallest absolute Gasteiger partial charge is 0.179 e. The summed E-state index contributed by atoms with van der Waals surface area (Å²) in [7, 11) is 10.0. The third-order valence-electron chi connectivity index (χ3n) is 4.58. The number of ketones is 2. The molecule has 0 amide bonds. The van der Waals surface area contributed by atoms with Gasteiger partial charge in [-0.3, -0.25) is 14.1 Å². The summed E-state index contributed by atoms with van der Waals surface area (Å²) in [5.41, 5.74) is 3.91. The zero-order chi connectivity index (χ0) is 17.6. The van der Waals surface area contributed by atoms with Crippen molar-refractivity contribution in [3.05, 3.63) is 59.2 Å². The summed E-state index contributed by atoms with van der Waals surface area (Å²) in [5, 5.41) is 0. The number of anilines is 1. The van der Waals surface area contributed by atoms with Gasteiger partial charge in [0.25, 0.3) is 0 Å². The van der Waals surface area contributed by atoms with Crippen molar-refractivity contribution in [2.24, 2.45) is 0 Å². The monoisotopic (exact) mass is 323 g/mol. The van der Waals surface area contributed by atoms with Gasteiger partial charge in [0.2, 0.25) is 0 Å². The van der Waals surface area contributed by atoms with Crippen molar-refractivity contribution in [2.75, 3.05) is 40.1 Å². The van der Waals surface area contributed by atoms with E-state index in [9.17, 15) is 9.59 Å². The molecule has 1 unspecified atom stereocenters. The number of carbonyl (C=O) groups is 2. The molecule has 4 nitrogen and oxygen atoms in total. The van der Waals surface area contributed by atoms with Gasteiger partial charge in [-0.15, -0.1) is 0 Å². The number of hydrogen-bond acceptors (Lipinski definition) is 3. The molecular weight excluding hydrogens is 300 g/mol. The Kier molecular flexibility index (Phi) is 3.80. The van der Waals surface area contributed by atoms with Gasteiger partial charge in [0.15, 0.2) is 11.6 Å². The van der Waals surface area contributed by atoms with E-state index in [0.29, 0.717) is 15.6 Å². The van der Waals surface area contributed by atoms with Crippen molar-refractivity contribution in [3.8, 4) is 0 Å². The lowest BCUT2D eigenvalue weighted by Gasteiger charge is -2.23. The second-order valence-corrected chi connectivity index (χ2v) is 7.39. The highest BCUT2D eigenvalue weighted by Gasteiger charge is 2.40. The van der Waals surface area contributed by atoms with Crippen molar-refractivity contribution in [2.45, 2.75) is 5.92 Å². The van der Waals surface area contributed by atoms with E-state index >= 15 is 0 Å². The summed E-state index contributed by atoms with van der Waals surface area (Å²) < 4.78 is 0.608. The third-order valence-corrected chi connectivity index (χ3v) is 4.58. The van der Waals surface area contributed by atoms with Gasteiger partial charge < -0.3 is 4.90 Å². The van der Waals surface area contributed by atoms with Gasteiger partial charge in [-0.25, -0.2) is 0 Å². The molecule has 3 rings (SSSR count). The SMILES string of the molecule is CN(C)c1ccc(C2C(=O)c3ccc([N+](C)(C)C)cc3C2=O)cc1. The average Bonchev–Trinajstić information content (AvgIpc) is 2.78. The molecular formula is C20H23N2O2+. The molecule has 1 aliphatic rings. The van der Waals surface area contributed by atoms with Crippen LogP contribution in [-0.4, -0.2) is 46.8 Å². The van der Waals surface area contributed by atoms with E-state index < -0.39 is 5.92 Å². The van der Waals surface area contributed by atoms with Crippen molar-refractivity contribution < 1.29 is 9.59 Å². The van der Waals surface area contributed by atoms with Crippen LogP contribution in [0.15, 0.2) is 42.5 Å². The van der Waals surface area contributed by atoms with Crippen LogP contribution in [0, 0.1) is 0 Å². The molecule has 0 spiro atoms. The molecule has 1 atom stereocenters. The van der Waals surface area contributed by atoms with Crippen molar-refractivity contribution in [1.82, 2.24) is 4.48 Å². The minimum Gasteiger partial charge on any atom is -0.378 e. The first-order chi connectivity index (χ1) is 11.2. The molecule has 124 valence electrons. The van der Waals surface area contributed by atoms with E-state index in [2.05, 4.69) is 0 Å². The van der Waals surface area contributed by atoms with Gasteiger partial charge >= 0.3 is 0 Å². The topological polar surface area (TPSA) is 37.4 Å². The van der Waals surface area contributed by atoms with Crippen LogP contribution in [0.4, 0.5) is 11.4 Å². The minimum absolute atomic E-state index is 0.0945. The van der Waals surface area contributed by atoms with Crippen LogP contribution in [0.3, 0.4) is 0 Å². The van der Waals surface area contributed by atoms with Crippen LogP contribution in [0.5, 0.6) is 0 Å². The molecule has 0 heterocycles. The molecule has 0 aliphatic heterocycles. The first kappa shape index (κ1) is 16.4. The number of hydrogen-bond donors (Lipinski definition) is 0. The van der Waals surface area contributed by atoms with E-state index in [1.54, 1.807) is 6.07 Å². The Morgan fingerprint density at radius 1 is 0.833 bits per heavy atom. The highest BCUT2D eigenvalue weighted by Crippen LogP contribution is 2.36. The van der Waals surface area contributed by atoms with E-state index in [1.807, 2.05) is 76.5 Å². The van der Waals surface area contributed by atoms with Crippen molar-refractivity contribution >= 4 is 22.9 Å². The number of quaternary nitrogens is 1. The van der Waals surface area contributed by atoms with Crippen LogP contribution in [-0.2, 0) is 0 Å². The van der Waals surface area contributed by atoms with Gasteiger partial charge in [0.05, 0.1) is 21.1 Å². The predicted molar refractivity (Wildman–Crippen MR) is 98.2 cm³/mol. The lowest BCUT2D eigenvalue weighted by Crippen LogP contribution is -2.34. The molecule has 0 aromatic heterocycles. The Balaban J connectivity index is 2.00. The Morgan fingerprint density at radius 2 is 1.42 bits per heavy atom. The Hall–Kier alpha value is -2.46. The quantitative estimate of drug-likeness (QED) is 0.643. The molecule has 1 aliphatic carbocycles. The maximum atomic E-state index is 12.9. The highest BCUT2D eigenvalue weighted by molar-refractivity contribution is 6.30. The molecule has 0 N–H and O–H groups in total. The maximum absolute atomic E-state index is 12.9. The summed E-state index contributed by atoms with van der Waals surface area (Å²) in [6, 6.07) is 13.2. The zero-order valence-corrected chi connectivity index (χ0v) is 14.8. The summed E-state index contributed by atoms with van der Waals surface area (Å²) in [6.07, 6.45) is 0. The third kappa shape index (κ3) is 2.63. The number of carbonyl (C=O) groups excluding carboxylic acids is 2. The predicted octanol–water partition coefficient (Wildman–Crippen LogP) is 3.11. The molecule has 0 radical (unpaired) electrons. The van der Waals surface area contributed by atoms with Crippen LogP contribution in [0.1, 0.15) is 32.2 Å². The second kappa shape index (κ2) is 5.56. The fourth-order valence-electron chi connectivity index (χ4n) is 3.07. The molecule has 2 aromatic rings. The van der Waals surface area contributed by atoms with Gasteiger partial charge in [-0.1, -0.05) is 12.1 Å². The van der Waals surface area contributed by atoms with E-state index in [0.717, 1.165) is 16.9 Å². The van der Waals surface area contributed by atoms with Crippen LogP contribution in [0.25, 0.3) is 0 Å². The Bertz CT molecular complexity index is 815. The minimum atomic E-state index is -0.709. The molecule has 2 aromatic carbocycles. The summed E-state index contributed by atoms with van der Waals surface area (Å²) in [4.78, 5) is 27.6. The standard InChI is InChI=1S/C20H23N2O2/c1-21(2)14-8-6-13(7-9-14)18-19(23)16-11-10-15(22(3,4)5)12-17(16)20(18)24/h6-12,18H,1-5H3/q+1. The van der Waals surface area contributed by atoms with Crippen LogP contribution < -0.4 is 9.38 Å². The summed E-state index contributed by atoms with van der Waals surface area (Å²) in [5.74, 6) is -0.901. The van der Waals surface area contributed by atoms with Crippen LogP contribution in [0.2, 0.25) is 0 Å². The fourth-order valence-corrected chi connectivity index (χ4v) is 3.07. The first-order valence-electron chi connectivity index (χ1n) is 8.02. The van der Waals surface area contributed by atoms with E-state index in [4.69, 9.17) is 0 Å².